The van der Waals surface area contributed by atoms with Gasteiger partial charge >= 0.3 is 0 Å². The first-order valence-electron chi connectivity index (χ1n) is 8.03. The molecule has 7 heteroatoms. The van der Waals surface area contributed by atoms with E-state index >= 15 is 0 Å². The lowest BCUT2D eigenvalue weighted by atomic mass is 10.2. The van der Waals surface area contributed by atoms with E-state index in [1.54, 1.807) is 17.4 Å². The maximum atomic E-state index is 12.2. The molecule has 1 aliphatic heterocycles. The normalized spacial score (nSPS) is 15.8. The molecule has 25 heavy (non-hydrogen) atoms. The molecule has 2 aromatic heterocycles. The molecule has 0 saturated carbocycles. The SMILES string of the molecule is O=C(NCCc1ncc(-c2cccs2)[nH]1)[C@H]1COc2ccccc2O1. The first-order chi connectivity index (χ1) is 12.3. The number of H-pyrrole nitrogens is 1. The number of carbonyl (C=O) groups excluding carboxylic acids is 1. The molecule has 0 aliphatic carbocycles. The van der Waals surface area contributed by atoms with Gasteiger partial charge in [0.1, 0.15) is 12.4 Å². The molecule has 3 aromatic rings. The Bertz CT molecular complexity index is 860. The molecule has 1 atom stereocenters. The van der Waals surface area contributed by atoms with Crippen LogP contribution < -0.4 is 14.8 Å². The highest BCUT2D eigenvalue weighted by molar-refractivity contribution is 7.13. The summed E-state index contributed by atoms with van der Waals surface area (Å²) in [5, 5.41) is 4.90. The van der Waals surface area contributed by atoms with E-state index in [0.29, 0.717) is 24.5 Å². The average molecular weight is 355 g/mol. The number of imidazole rings is 1. The highest BCUT2D eigenvalue weighted by atomic mass is 32.1. The molecule has 128 valence electrons. The van der Waals surface area contributed by atoms with Crippen molar-refractivity contribution >= 4 is 17.2 Å². The van der Waals surface area contributed by atoms with Crippen LogP contribution in [0.2, 0.25) is 0 Å². The van der Waals surface area contributed by atoms with E-state index in [4.69, 9.17) is 9.47 Å². The van der Waals surface area contributed by atoms with E-state index in [9.17, 15) is 4.79 Å². The van der Waals surface area contributed by atoms with E-state index in [0.717, 1.165) is 16.4 Å². The number of nitrogens with one attached hydrogen (secondary N) is 2. The molecule has 1 aromatic carbocycles. The Morgan fingerprint density at radius 3 is 3.00 bits per heavy atom. The Morgan fingerprint density at radius 1 is 1.28 bits per heavy atom. The van der Waals surface area contributed by atoms with Crippen LogP contribution in [0.3, 0.4) is 0 Å². The van der Waals surface area contributed by atoms with Crippen LogP contribution in [-0.4, -0.2) is 35.1 Å². The Labute approximate surface area is 148 Å². The minimum absolute atomic E-state index is 0.181. The molecule has 1 amide bonds. The van der Waals surface area contributed by atoms with Gasteiger partial charge in [0.2, 0.25) is 6.10 Å². The van der Waals surface area contributed by atoms with Gasteiger partial charge in [-0.2, -0.15) is 0 Å². The van der Waals surface area contributed by atoms with E-state index in [2.05, 4.69) is 15.3 Å². The zero-order valence-electron chi connectivity index (χ0n) is 13.4. The number of amides is 1. The number of fused-ring (bicyclic) bond motifs is 1. The minimum Gasteiger partial charge on any atom is -0.485 e. The Hall–Kier alpha value is -2.80. The fourth-order valence-corrected chi connectivity index (χ4v) is 3.30. The zero-order valence-corrected chi connectivity index (χ0v) is 14.2. The van der Waals surface area contributed by atoms with Crippen molar-refractivity contribution < 1.29 is 14.3 Å². The Kier molecular flexibility index (Phi) is 4.39. The van der Waals surface area contributed by atoms with Gasteiger partial charge in [-0.3, -0.25) is 4.79 Å². The molecule has 0 spiro atoms. The van der Waals surface area contributed by atoms with Gasteiger partial charge in [0.05, 0.1) is 16.8 Å². The van der Waals surface area contributed by atoms with Gasteiger partial charge in [-0.15, -0.1) is 11.3 Å². The molecule has 0 radical (unpaired) electrons. The zero-order chi connectivity index (χ0) is 17.1. The van der Waals surface area contributed by atoms with Crippen LogP contribution in [0.15, 0.2) is 48.0 Å². The molecule has 1 aliphatic rings. The second kappa shape index (κ2) is 6.98. The number of thiophene rings is 1. The quantitative estimate of drug-likeness (QED) is 0.738. The number of benzene rings is 1. The average Bonchev–Trinajstić information content (AvgIpc) is 3.32. The predicted octanol–water partition coefficient (Wildman–Crippen LogP) is 2.64. The summed E-state index contributed by atoms with van der Waals surface area (Å²) in [7, 11) is 0. The number of carbonyl (C=O) groups is 1. The van der Waals surface area contributed by atoms with E-state index < -0.39 is 6.10 Å². The lowest BCUT2D eigenvalue weighted by Gasteiger charge is -2.25. The fourth-order valence-electron chi connectivity index (χ4n) is 2.61. The number of nitrogens with zero attached hydrogens (tertiary/aromatic N) is 1. The first kappa shape index (κ1) is 15.7. The van der Waals surface area contributed by atoms with Crippen LogP contribution >= 0.6 is 11.3 Å². The molecule has 0 bridgehead atoms. The smallest absolute Gasteiger partial charge is 0.264 e. The van der Waals surface area contributed by atoms with Crippen LogP contribution in [0.25, 0.3) is 10.6 Å². The molecule has 6 nitrogen and oxygen atoms in total. The van der Waals surface area contributed by atoms with E-state index in [1.165, 1.54) is 0 Å². The maximum Gasteiger partial charge on any atom is 0.264 e. The molecular formula is C18H17N3O3S. The Balaban J connectivity index is 1.28. The van der Waals surface area contributed by atoms with Gasteiger partial charge in [-0.05, 0) is 23.6 Å². The van der Waals surface area contributed by atoms with Crippen molar-refractivity contribution in [3.63, 3.8) is 0 Å². The van der Waals surface area contributed by atoms with Crippen molar-refractivity contribution in [3.05, 3.63) is 53.8 Å². The van der Waals surface area contributed by atoms with E-state index in [1.807, 2.05) is 41.9 Å². The van der Waals surface area contributed by atoms with Crippen molar-refractivity contribution in [3.8, 4) is 22.1 Å². The molecule has 0 fully saturated rings. The summed E-state index contributed by atoms with van der Waals surface area (Å²) in [5.74, 6) is 1.93. The van der Waals surface area contributed by atoms with E-state index in [-0.39, 0.29) is 12.5 Å². The van der Waals surface area contributed by atoms with Crippen LogP contribution in [0.4, 0.5) is 0 Å². The molecular weight excluding hydrogens is 338 g/mol. The largest absolute Gasteiger partial charge is 0.485 e. The monoisotopic (exact) mass is 355 g/mol. The number of hydrogen-bond acceptors (Lipinski definition) is 5. The fraction of sp³-hybridized carbons (Fsp3) is 0.222. The van der Waals surface area contributed by atoms with Gasteiger partial charge < -0.3 is 19.8 Å². The number of aromatic amines is 1. The molecule has 0 saturated heterocycles. The number of ether oxygens (including phenoxy) is 2. The lowest BCUT2D eigenvalue weighted by Crippen LogP contribution is -2.44. The van der Waals surface area contributed by atoms with Crippen molar-refractivity contribution in [1.29, 1.82) is 0 Å². The highest BCUT2D eigenvalue weighted by Crippen LogP contribution is 2.30. The third-order valence-corrected chi connectivity index (χ3v) is 4.78. The predicted molar refractivity (Wildman–Crippen MR) is 95.0 cm³/mol. The van der Waals surface area contributed by atoms with Crippen molar-refractivity contribution in [2.45, 2.75) is 12.5 Å². The van der Waals surface area contributed by atoms with Gasteiger partial charge in [-0.1, -0.05) is 18.2 Å². The second-order valence-corrected chi connectivity index (χ2v) is 6.57. The lowest BCUT2D eigenvalue weighted by molar-refractivity contribution is -0.130. The summed E-state index contributed by atoms with van der Waals surface area (Å²) < 4.78 is 11.3. The minimum atomic E-state index is -0.631. The van der Waals surface area contributed by atoms with Crippen LogP contribution in [0.5, 0.6) is 11.5 Å². The topological polar surface area (TPSA) is 76.2 Å². The summed E-state index contributed by atoms with van der Waals surface area (Å²) in [5.41, 5.74) is 0.997. The standard InChI is InChI=1S/C18H17N3O3S/c22-18(15-11-23-13-4-1-2-5-14(13)24-15)19-8-7-17-20-10-12(21-17)16-6-3-9-25-16/h1-6,9-10,15H,7-8,11H2,(H,19,22)(H,20,21)/t15-/m1/s1. The number of hydrogen-bond donors (Lipinski definition) is 2. The van der Waals surface area contributed by atoms with Crippen LogP contribution in [0.1, 0.15) is 5.82 Å². The van der Waals surface area contributed by atoms with Gasteiger partial charge in [0.25, 0.3) is 5.91 Å². The number of aromatic nitrogens is 2. The maximum absolute atomic E-state index is 12.2. The van der Waals surface area contributed by atoms with Crippen LogP contribution in [-0.2, 0) is 11.2 Å². The number of rotatable bonds is 5. The Morgan fingerprint density at radius 2 is 2.16 bits per heavy atom. The second-order valence-electron chi connectivity index (χ2n) is 5.63. The highest BCUT2D eigenvalue weighted by Gasteiger charge is 2.26. The van der Waals surface area contributed by atoms with Gasteiger partial charge in [0, 0.05) is 13.0 Å². The molecule has 3 heterocycles. The summed E-state index contributed by atoms with van der Waals surface area (Å²) in [6.07, 6.45) is 1.81. The molecule has 2 N–H and O–H groups in total. The summed E-state index contributed by atoms with van der Waals surface area (Å²) in [6.45, 7) is 0.698. The summed E-state index contributed by atoms with van der Waals surface area (Å²) in [6, 6.07) is 11.4. The molecule has 0 unspecified atom stereocenters. The van der Waals surface area contributed by atoms with Crippen molar-refractivity contribution in [2.75, 3.05) is 13.2 Å². The molecule has 4 rings (SSSR count). The summed E-state index contributed by atoms with van der Waals surface area (Å²) >= 11 is 1.66. The van der Waals surface area contributed by atoms with Gasteiger partial charge in [-0.25, -0.2) is 4.98 Å². The van der Waals surface area contributed by atoms with Crippen molar-refractivity contribution in [1.82, 2.24) is 15.3 Å². The first-order valence-corrected chi connectivity index (χ1v) is 8.91. The number of para-hydroxylation sites is 2. The summed E-state index contributed by atoms with van der Waals surface area (Å²) in [4.78, 5) is 21.0. The third kappa shape index (κ3) is 3.51. The van der Waals surface area contributed by atoms with Gasteiger partial charge in [0.15, 0.2) is 11.5 Å². The van der Waals surface area contributed by atoms with Crippen LogP contribution in [0, 0.1) is 0 Å². The third-order valence-electron chi connectivity index (χ3n) is 3.88. The van der Waals surface area contributed by atoms with Crippen molar-refractivity contribution in [2.24, 2.45) is 0 Å².